The molecular formula is C24H26N2O3S2. The van der Waals surface area contributed by atoms with Crippen molar-refractivity contribution in [3.63, 3.8) is 0 Å². The monoisotopic (exact) mass is 454 g/mol. The van der Waals surface area contributed by atoms with Crippen LogP contribution >= 0.6 is 23.5 Å². The van der Waals surface area contributed by atoms with Crippen LogP contribution in [0.25, 0.3) is 0 Å². The average Bonchev–Trinajstić information content (AvgIpc) is 3.05. The molecular weight excluding hydrogens is 428 g/mol. The summed E-state index contributed by atoms with van der Waals surface area (Å²) in [5.74, 6) is -0.581. The second-order valence-corrected chi connectivity index (χ2v) is 11.1. The predicted molar refractivity (Wildman–Crippen MR) is 124 cm³/mol. The van der Waals surface area contributed by atoms with Gasteiger partial charge in [-0.1, -0.05) is 59.9 Å². The van der Waals surface area contributed by atoms with E-state index < -0.39 is 17.1 Å². The number of rotatable bonds is 5. The van der Waals surface area contributed by atoms with E-state index in [0.29, 0.717) is 16.2 Å². The van der Waals surface area contributed by atoms with E-state index in [2.05, 4.69) is 0 Å². The third-order valence-corrected chi connectivity index (χ3v) is 8.21. The average molecular weight is 455 g/mol. The van der Waals surface area contributed by atoms with Crippen LogP contribution in [0, 0.1) is 0 Å². The highest BCUT2D eigenvalue weighted by molar-refractivity contribution is 8.08. The zero-order chi connectivity index (χ0) is 22.4. The van der Waals surface area contributed by atoms with Gasteiger partial charge >= 0.3 is 0 Å². The van der Waals surface area contributed by atoms with Crippen molar-refractivity contribution in [3.05, 3.63) is 70.5 Å². The molecule has 2 aromatic carbocycles. The highest BCUT2D eigenvalue weighted by Gasteiger charge is 2.58. The maximum atomic E-state index is 13.6. The van der Waals surface area contributed by atoms with Gasteiger partial charge in [-0.05, 0) is 58.4 Å². The number of imide groups is 1. The van der Waals surface area contributed by atoms with Crippen LogP contribution in [0.1, 0.15) is 34.1 Å². The molecule has 31 heavy (non-hydrogen) atoms. The van der Waals surface area contributed by atoms with E-state index in [1.54, 1.807) is 0 Å². The quantitative estimate of drug-likeness (QED) is 0.629. The Hall–Kier alpha value is -2.06. The minimum absolute atomic E-state index is 0.290. The van der Waals surface area contributed by atoms with E-state index in [1.807, 2.05) is 88.4 Å². The first-order chi connectivity index (χ1) is 14.6. The van der Waals surface area contributed by atoms with Crippen molar-refractivity contribution in [1.29, 1.82) is 0 Å². The Morgan fingerprint density at radius 1 is 0.806 bits per heavy atom. The molecule has 1 N–H and O–H groups in total. The molecule has 0 bridgehead atoms. The van der Waals surface area contributed by atoms with Gasteiger partial charge in [0.05, 0.1) is 21.4 Å². The Labute approximate surface area is 191 Å². The summed E-state index contributed by atoms with van der Waals surface area (Å²) in [6, 6.07) is 18.8. The lowest BCUT2D eigenvalue weighted by Gasteiger charge is -2.38. The molecule has 0 spiro atoms. The molecule has 5 nitrogen and oxygen atoms in total. The summed E-state index contributed by atoms with van der Waals surface area (Å²) < 4.78 is 0. The summed E-state index contributed by atoms with van der Waals surface area (Å²) in [6.45, 7) is 7.59. The van der Waals surface area contributed by atoms with Crippen LogP contribution in [0.5, 0.6) is 0 Å². The second kappa shape index (κ2) is 8.13. The molecule has 1 fully saturated rings. The molecule has 2 aliphatic rings. The first-order valence-corrected chi connectivity index (χ1v) is 11.8. The van der Waals surface area contributed by atoms with Crippen LogP contribution in [0.2, 0.25) is 0 Å². The smallest absolute Gasteiger partial charge is 0.269 e. The fourth-order valence-corrected chi connectivity index (χ4v) is 6.36. The highest BCUT2D eigenvalue weighted by atomic mass is 32.2. The summed E-state index contributed by atoms with van der Waals surface area (Å²) in [7, 11) is 0. The molecule has 0 saturated carbocycles. The van der Waals surface area contributed by atoms with Crippen molar-refractivity contribution < 1.29 is 14.8 Å². The molecule has 2 aromatic rings. The molecule has 0 radical (unpaired) electrons. The number of thioether (sulfide) groups is 2. The van der Waals surface area contributed by atoms with Crippen LogP contribution < -0.4 is 0 Å². The van der Waals surface area contributed by atoms with Gasteiger partial charge in [-0.2, -0.15) is 5.06 Å². The van der Waals surface area contributed by atoms with E-state index in [4.69, 9.17) is 0 Å². The lowest BCUT2D eigenvalue weighted by atomic mass is 9.93. The first kappa shape index (κ1) is 22.1. The van der Waals surface area contributed by atoms with Gasteiger partial charge in [-0.15, -0.1) is 0 Å². The minimum Gasteiger partial charge on any atom is -0.313 e. The van der Waals surface area contributed by atoms with Crippen LogP contribution in [-0.2, 0) is 9.59 Å². The molecule has 4 rings (SSSR count). The third kappa shape index (κ3) is 3.96. The zero-order valence-electron chi connectivity index (χ0n) is 18.0. The van der Waals surface area contributed by atoms with Crippen molar-refractivity contribution in [2.75, 3.05) is 0 Å². The summed E-state index contributed by atoms with van der Waals surface area (Å²) >= 11 is 2.65. The van der Waals surface area contributed by atoms with Gasteiger partial charge in [0, 0.05) is 15.3 Å². The van der Waals surface area contributed by atoms with Crippen LogP contribution in [-0.4, -0.2) is 44.1 Å². The summed E-state index contributed by atoms with van der Waals surface area (Å²) in [5.41, 5.74) is -1.30. The largest absolute Gasteiger partial charge is 0.313 e. The number of benzene rings is 2. The summed E-state index contributed by atoms with van der Waals surface area (Å²) in [6.07, 6.45) is 0.501. The molecule has 1 atom stereocenters. The van der Waals surface area contributed by atoms with Crippen LogP contribution in [0.3, 0.4) is 0 Å². The highest BCUT2D eigenvalue weighted by Crippen LogP contribution is 2.48. The zero-order valence-corrected chi connectivity index (χ0v) is 19.7. The number of carbonyl (C=O) groups is 2. The summed E-state index contributed by atoms with van der Waals surface area (Å²) in [4.78, 5) is 31.3. The number of hydrogen-bond donors (Lipinski definition) is 1. The van der Waals surface area contributed by atoms with Gasteiger partial charge < -0.3 is 5.21 Å². The Morgan fingerprint density at radius 3 is 1.58 bits per heavy atom. The maximum absolute atomic E-state index is 13.6. The number of nitrogens with zero attached hydrogens (tertiary/aromatic N) is 2. The molecule has 0 aromatic heterocycles. The van der Waals surface area contributed by atoms with E-state index in [1.165, 1.54) is 33.5 Å². The lowest BCUT2D eigenvalue weighted by Crippen LogP contribution is -2.55. The summed E-state index contributed by atoms with van der Waals surface area (Å²) in [5, 5.41) is 12.0. The molecule has 0 aliphatic carbocycles. The van der Waals surface area contributed by atoms with Crippen LogP contribution in [0.4, 0.5) is 0 Å². The Kier molecular flexibility index (Phi) is 5.81. The van der Waals surface area contributed by atoms with Crippen molar-refractivity contribution in [3.8, 4) is 0 Å². The standard InChI is InChI=1S/C24H26N2O3S2/c1-23(2)15-18(24(3,4)26(23)29)25-21(27)19(30-16-11-7-5-8-12-16)20(22(25)28)31-17-13-9-6-10-14-17/h5-14,18,29H,15H2,1-4H3. The first-order valence-electron chi connectivity index (χ1n) is 10.2. The molecule has 162 valence electrons. The van der Waals surface area contributed by atoms with Crippen molar-refractivity contribution in [2.45, 2.75) is 61.0 Å². The molecule has 1 unspecified atom stereocenters. The topological polar surface area (TPSA) is 60.9 Å². The number of amides is 2. The molecule has 2 amide bonds. The third-order valence-electron chi connectivity index (χ3n) is 5.90. The fourth-order valence-electron chi connectivity index (χ4n) is 4.32. The predicted octanol–water partition coefficient (Wildman–Crippen LogP) is 5.17. The van der Waals surface area contributed by atoms with E-state index in [9.17, 15) is 14.8 Å². The van der Waals surface area contributed by atoms with Gasteiger partial charge in [0.15, 0.2) is 0 Å². The van der Waals surface area contributed by atoms with E-state index in [-0.39, 0.29) is 11.8 Å². The van der Waals surface area contributed by atoms with Crippen LogP contribution in [0.15, 0.2) is 80.3 Å². The minimum atomic E-state index is -0.760. The van der Waals surface area contributed by atoms with Gasteiger partial charge in [0.2, 0.25) is 0 Å². The Morgan fingerprint density at radius 2 is 1.23 bits per heavy atom. The second-order valence-electron chi connectivity index (χ2n) is 8.97. The Balaban J connectivity index is 1.73. The van der Waals surface area contributed by atoms with E-state index in [0.717, 1.165) is 9.79 Å². The van der Waals surface area contributed by atoms with E-state index >= 15 is 0 Å². The van der Waals surface area contributed by atoms with Crippen molar-refractivity contribution >= 4 is 35.3 Å². The van der Waals surface area contributed by atoms with Gasteiger partial charge in [-0.3, -0.25) is 14.5 Å². The Bertz CT molecular complexity index is 972. The maximum Gasteiger partial charge on any atom is 0.269 e. The van der Waals surface area contributed by atoms with Crippen molar-refractivity contribution in [2.24, 2.45) is 0 Å². The SMILES string of the molecule is CC1(C)CC(N2C(=O)C(Sc3ccccc3)=C(Sc3ccccc3)C2=O)C(C)(C)N1O. The lowest BCUT2D eigenvalue weighted by molar-refractivity contribution is -0.198. The van der Waals surface area contributed by atoms with Crippen molar-refractivity contribution in [1.82, 2.24) is 9.96 Å². The van der Waals surface area contributed by atoms with Gasteiger partial charge in [0.1, 0.15) is 0 Å². The van der Waals surface area contributed by atoms with Gasteiger partial charge in [-0.25, -0.2) is 0 Å². The fraction of sp³-hybridized carbons (Fsp3) is 0.333. The molecule has 7 heteroatoms. The molecule has 1 saturated heterocycles. The number of hydroxylamine groups is 2. The number of hydrogen-bond acceptors (Lipinski definition) is 6. The van der Waals surface area contributed by atoms with Gasteiger partial charge in [0.25, 0.3) is 11.8 Å². The normalized spacial score (nSPS) is 23.1. The molecule has 2 aliphatic heterocycles. The number of carbonyl (C=O) groups excluding carboxylic acids is 2. The molecule has 2 heterocycles.